The SMILES string of the molecule is COc1ccc(N2CCNC(c3ccccc3)C2)c(C)c1. The van der Waals surface area contributed by atoms with E-state index in [-0.39, 0.29) is 0 Å². The third kappa shape index (κ3) is 3.03. The standard InChI is InChI=1S/C18H22N2O/c1-14-12-16(21-2)8-9-18(14)20-11-10-19-17(13-20)15-6-4-3-5-7-15/h3-9,12,17,19H,10-11,13H2,1-2H3. The van der Waals surface area contributed by atoms with Crippen LogP contribution >= 0.6 is 0 Å². The molecule has 0 saturated carbocycles. The normalized spacial score (nSPS) is 18.6. The molecule has 2 aromatic carbocycles. The molecule has 3 rings (SSSR count). The lowest BCUT2D eigenvalue weighted by Gasteiger charge is -2.36. The van der Waals surface area contributed by atoms with Crippen LogP contribution in [0.25, 0.3) is 0 Å². The Hall–Kier alpha value is -2.00. The highest BCUT2D eigenvalue weighted by Crippen LogP contribution is 2.28. The lowest BCUT2D eigenvalue weighted by molar-refractivity contribution is 0.414. The Morgan fingerprint density at radius 3 is 2.67 bits per heavy atom. The number of ether oxygens (including phenoxy) is 1. The molecule has 2 aromatic rings. The van der Waals surface area contributed by atoms with E-state index in [1.165, 1.54) is 16.8 Å². The van der Waals surface area contributed by atoms with Crippen molar-refractivity contribution in [3.8, 4) is 5.75 Å². The van der Waals surface area contributed by atoms with Crippen LogP contribution in [-0.4, -0.2) is 26.7 Å². The topological polar surface area (TPSA) is 24.5 Å². The van der Waals surface area contributed by atoms with Crippen molar-refractivity contribution in [2.24, 2.45) is 0 Å². The van der Waals surface area contributed by atoms with Gasteiger partial charge in [0.1, 0.15) is 5.75 Å². The Labute approximate surface area is 126 Å². The number of hydrogen-bond donors (Lipinski definition) is 1. The second-order valence-corrected chi connectivity index (χ2v) is 5.52. The number of rotatable bonds is 3. The summed E-state index contributed by atoms with van der Waals surface area (Å²) >= 11 is 0. The van der Waals surface area contributed by atoms with Gasteiger partial charge in [0.05, 0.1) is 7.11 Å². The zero-order chi connectivity index (χ0) is 14.7. The summed E-state index contributed by atoms with van der Waals surface area (Å²) in [7, 11) is 1.71. The average Bonchev–Trinajstić information content (AvgIpc) is 2.55. The summed E-state index contributed by atoms with van der Waals surface area (Å²) in [6.45, 7) is 5.19. The van der Waals surface area contributed by atoms with E-state index in [1.54, 1.807) is 7.11 Å². The zero-order valence-electron chi connectivity index (χ0n) is 12.7. The highest BCUT2D eigenvalue weighted by molar-refractivity contribution is 5.56. The highest BCUT2D eigenvalue weighted by atomic mass is 16.5. The van der Waals surface area contributed by atoms with Crippen molar-refractivity contribution >= 4 is 5.69 Å². The van der Waals surface area contributed by atoms with Crippen LogP contribution in [0.15, 0.2) is 48.5 Å². The summed E-state index contributed by atoms with van der Waals surface area (Å²) in [6.07, 6.45) is 0. The largest absolute Gasteiger partial charge is 0.497 e. The molecule has 1 atom stereocenters. The molecule has 1 N–H and O–H groups in total. The van der Waals surface area contributed by atoms with E-state index < -0.39 is 0 Å². The maximum atomic E-state index is 5.30. The monoisotopic (exact) mass is 282 g/mol. The van der Waals surface area contributed by atoms with Crippen molar-refractivity contribution < 1.29 is 4.74 Å². The fraction of sp³-hybridized carbons (Fsp3) is 0.333. The van der Waals surface area contributed by atoms with Crippen molar-refractivity contribution in [2.45, 2.75) is 13.0 Å². The van der Waals surface area contributed by atoms with Gasteiger partial charge in [-0.1, -0.05) is 30.3 Å². The Morgan fingerprint density at radius 2 is 1.95 bits per heavy atom. The molecule has 0 bridgehead atoms. The molecule has 3 heteroatoms. The predicted molar refractivity (Wildman–Crippen MR) is 87.1 cm³/mol. The summed E-state index contributed by atoms with van der Waals surface area (Å²) in [4.78, 5) is 2.46. The third-order valence-corrected chi connectivity index (χ3v) is 4.12. The van der Waals surface area contributed by atoms with E-state index in [2.05, 4.69) is 59.6 Å². The molecule has 1 fully saturated rings. The molecular formula is C18H22N2O. The van der Waals surface area contributed by atoms with Crippen LogP contribution in [0.2, 0.25) is 0 Å². The molecule has 3 nitrogen and oxygen atoms in total. The molecule has 110 valence electrons. The fourth-order valence-corrected chi connectivity index (χ4v) is 2.99. The third-order valence-electron chi connectivity index (χ3n) is 4.12. The summed E-state index contributed by atoms with van der Waals surface area (Å²) in [5.74, 6) is 0.922. The van der Waals surface area contributed by atoms with Crippen LogP contribution in [0.4, 0.5) is 5.69 Å². The van der Waals surface area contributed by atoms with E-state index in [0.717, 1.165) is 25.4 Å². The number of nitrogens with one attached hydrogen (secondary N) is 1. The molecule has 1 saturated heterocycles. The van der Waals surface area contributed by atoms with Crippen molar-refractivity contribution in [1.29, 1.82) is 0 Å². The van der Waals surface area contributed by atoms with Crippen LogP contribution in [0.5, 0.6) is 5.75 Å². The summed E-state index contributed by atoms with van der Waals surface area (Å²) in [6, 6.07) is 17.4. The predicted octanol–water partition coefficient (Wildman–Crippen LogP) is 3.15. The van der Waals surface area contributed by atoms with Crippen LogP contribution in [0.1, 0.15) is 17.2 Å². The number of piperazine rings is 1. The number of anilines is 1. The average molecular weight is 282 g/mol. The minimum atomic E-state index is 0.390. The number of aryl methyl sites for hydroxylation is 1. The zero-order valence-corrected chi connectivity index (χ0v) is 12.7. The van der Waals surface area contributed by atoms with Crippen LogP contribution in [-0.2, 0) is 0 Å². The highest BCUT2D eigenvalue weighted by Gasteiger charge is 2.21. The first-order valence-electron chi connectivity index (χ1n) is 7.46. The Kier molecular flexibility index (Phi) is 4.11. The Bertz CT molecular complexity index is 597. The summed E-state index contributed by atoms with van der Waals surface area (Å²) in [5, 5.41) is 3.61. The molecular weight excluding hydrogens is 260 g/mol. The molecule has 0 spiro atoms. The summed E-state index contributed by atoms with van der Waals surface area (Å²) in [5.41, 5.74) is 3.93. The maximum Gasteiger partial charge on any atom is 0.119 e. The van der Waals surface area contributed by atoms with Gasteiger partial charge in [-0.05, 0) is 36.2 Å². The minimum Gasteiger partial charge on any atom is -0.497 e. The minimum absolute atomic E-state index is 0.390. The number of methoxy groups -OCH3 is 1. The second kappa shape index (κ2) is 6.19. The van der Waals surface area contributed by atoms with Gasteiger partial charge < -0.3 is 15.0 Å². The molecule has 0 aromatic heterocycles. The van der Waals surface area contributed by atoms with E-state index >= 15 is 0 Å². The lowest BCUT2D eigenvalue weighted by Crippen LogP contribution is -2.46. The summed E-state index contributed by atoms with van der Waals surface area (Å²) < 4.78 is 5.30. The first-order chi connectivity index (χ1) is 10.3. The van der Waals surface area contributed by atoms with Gasteiger partial charge in [-0.3, -0.25) is 0 Å². The smallest absolute Gasteiger partial charge is 0.119 e. The van der Waals surface area contributed by atoms with Crippen LogP contribution in [0, 0.1) is 6.92 Å². The first-order valence-corrected chi connectivity index (χ1v) is 7.46. The maximum absolute atomic E-state index is 5.30. The Morgan fingerprint density at radius 1 is 1.14 bits per heavy atom. The second-order valence-electron chi connectivity index (χ2n) is 5.52. The molecule has 1 unspecified atom stereocenters. The van der Waals surface area contributed by atoms with Crippen molar-refractivity contribution in [1.82, 2.24) is 5.32 Å². The molecule has 1 heterocycles. The van der Waals surface area contributed by atoms with Crippen molar-refractivity contribution in [2.75, 3.05) is 31.6 Å². The molecule has 0 amide bonds. The van der Waals surface area contributed by atoms with E-state index in [1.807, 2.05) is 6.07 Å². The van der Waals surface area contributed by atoms with Gasteiger partial charge in [0.25, 0.3) is 0 Å². The quantitative estimate of drug-likeness (QED) is 0.936. The van der Waals surface area contributed by atoms with Gasteiger partial charge >= 0.3 is 0 Å². The first kappa shape index (κ1) is 14.0. The number of hydrogen-bond acceptors (Lipinski definition) is 3. The van der Waals surface area contributed by atoms with Gasteiger partial charge in [-0.15, -0.1) is 0 Å². The van der Waals surface area contributed by atoms with Gasteiger partial charge in [0.2, 0.25) is 0 Å². The van der Waals surface area contributed by atoms with E-state index in [9.17, 15) is 0 Å². The molecule has 1 aliphatic rings. The van der Waals surface area contributed by atoms with E-state index in [0.29, 0.717) is 6.04 Å². The van der Waals surface area contributed by atoms with Gasteiger partial charge in [0.15, 0.2) is 0 Å². The van der Waals surface area contributed by atoms with Crippen molar-refractivity contribution in [3.63, 3.8) is 0 Å². The molecule has 0 radical (unpaired) electrons. The Balaban J connectivity index is 1.80. The van der Waals surface area contributed by atoms with Crippen molar-refractivity contribution in [3.05, 3.63) is 59.7 Å². The number of nitrogens with zero attached hydrogens (tertiary/aromatic N) is 1. The molecule has 1 aliphatic heterocycles. The van der Waals surface area contributed by atoms with Gasteiger partial charge in [-0.25, -0.2) is 0 Å². The lowest BCUT2D eigenvalue weighted by atomic mass is 10.0. The molecule has 0 aliphatic carbocycles. The fourth-order valence-electron chi connectivity index (χ4n) is 2.99. The van der Waals surface area contributed by atoms with Gasteiger partial charge in [-0.2, -0.15) is 0 Å². The van der Waals surface area contributed by atoms with Gasteiger partial charge in [0, 0.05) is 31.4 Å². The molecule has 21 heavy (non-hydrogen) atoms. The number of benzene rings is 2. The van der Waals surface area contributed by atoms with Crippen LogP contribution < -0.4 is 15.0 Å². The van der Waals surface area contributed by atoms with Crippen LogP contribution in [0.3, 0.4) is 0 Å². The van der Waals surface area contributed by atoms with E-state index in [4.69, 9.17) is 4.74 Å².